The molecule has 0 fully saturated rings. The Morgan fingerprint density at radius 1 is 0.733 bits per heavy atom. The summed E-state index contributed by atoms with van der Waals surface area (Å²) in [6, 6.07) is 0. The number of carboxylic acid groups (broad SMARTS) is 3. The minimum atomic E-state index is -1.19. The smallest absolute Gasteiger partial charge is 0.331 e. The van der Waals surface area contributed by atoms with Crippen LogP contribution in [0.15, 0.2) is 11.6 Å². The van der Waals surface area contributed by atoms with Crippen molar-refractivity contribution in [3.05, 3.63) is 11.6 Å². The summed E-state index contributed by atoms with van der Waals surface area (Å²) in [6.07, 6.45) is 16.6. The fourth-order valence-electron chi connectivity index (χ4n) is 3.20. The number of rotatable bonds is 18. The van der Waals surface area contributed by atoms with Crippen LogP contribution >= 0.6 is 0 Å². The van der Waals surface area contributed by atoms with E-state index in [4.69, 9.17) is 15.3 Å². The summed E-state index contributed by atoms with van der Waals surface area (Å²) >= 11 is 0. The van der Waals surface area contributed by atoms with Gasteiger partial charge < -0.3 is 15.3 Å². The average Bonchev–Trinajstić information content (AvgIpc) is 2.68. The predicted molar refractivity (Wildman–Crippen MR) is 121 cm³/mol. The Balaban J connectivity index is 0. The highest BCUT2D eigenvalue weighted by Crippen LogP contribution is 2.21. The van der Waals surface area contributed by atoms with E-state index >= 15 is 0 Å². The van der Waals surface area contributed by atoms with E-state index in [2.05, 4.69) is 13.8 Å². The van der Waals surface area contributed by atoms with Gasteiger partial charge in [0.05, 0.1) is 0 Å². The second kappa shape index (κ2) is 21.8. The molecule has 1 unspecified atom stereocenters. The van der Waals surface area contributed by atoms with Crippen LogP contribution in [0, 0.1) is 5.92 Å². The van der Waals surface area contributed by atoms with Gasteiger partial charge >= 0.3 is 17.9 Å². The van der Waals surface area contributed by atoms with Crippen molar-refractivity contribution in [2.24, 2.45) is 5.92 Å². The highest BCUT2D eigenvalue weighted by Gasteiger charge is 2.15. The van der Waals surface area contributed by atoms with Gasteiger partial charge in [0.25, 0.3) is 0 Å². The fraction of sp³-hybridized carbons (Fsp3) is 0.792. The van der Waals surface area contributed by atoms with Crippen LogP contribution in [0.2, 0.25) is 0 Å². The predicted octanol–water partition coefficient (Wildman–Crippen LogP) is 6.68. The Morgan fingerprint density at radius 2 is 1.23 bits per heavy atom. The third kappa shape index (κ3) is 22.4. The van der Waals surface area contributed by atoms with Gasteiger partial charge in [-0.1, -0.05) is 97.8 Å². The van der Waals surface area contributed by atoms with Crippen molar-refractivity contribution in [2.75, 3.05) is 0 Å². The molecule has 0 aliphatic rings. The highest BCUT2D eigenvalue weighted by molar-refractivity contribution is 5.94. The van der Waals surface area contributed by atoms with Crippen LogP contribution in [-0.4, -0.2) is 33.2 Å². The van der Waals surface area contributed by atoms with Gasteiger partial charge in [0.1, 0.15) is 0 Å². The van der Waals surface area contributed by atoms with E-state index in [0.29, 0.717) is 12.8 Å². The van der Waals surface area contributed by atoms with Gasteiger partial charge in [-0.05, 0) is 18.8 Å². The normalized spacial score (nSPS) is 12.0. The number of hydrogen-bond acceptors (Lipinski definition) is 3. The molecule has 0 bridgehead atoms. The SMILES string of the molecule is CCCCC(CC)C/C(=C/C(=O)O)C(=O)O.CCCCCCCCCCCC(=O)O. The van der Waals surface area contributed by atoms with Gasteiger partial charge in [0, 0.05) is 18.1 Å². The topological polar surface area (TPSA) is 112 Å². The van der Waals surface area contributed by atoms with Crippen molar-refractivity contribution in [2.45, 2.75) is 117 Å². The lowest BCUT2D eigenvalue weighted by molar-refractivity contribution is -0.137. The summed E-state index contributed by atoms with van der Waals surface area (Å²) in [5, 5.41) is 25.8. The van der Waals surface area contributed by atoms with Crippen molar-refractivity contribution in [3.63, 3.8) is 0 Å². The first-order chi connectivity index (χ1) is 14.3. The number of aliphatic carboxylic acids is 3. The van der Waals surface area contributed by atoms with Crippen molar-refractivity contribution < 1.29 is 29.7 Å². The monoisotopic (exact) mass is 428 g/mol. The van der Waals surface area contributed by atoms with E-state index in [1.807, 2.05) is 6.92 Å². The summed E-state index contributed by atoms with van der Waals surface area (Å²) in [7, 11) is 0. The third-order valence-corrected chi connectivity index (χ3v) is 5.12. The molecule has 6 nitrogen and oxygen atoms in total. The maximum Gasteiger partial charge on any atom is 0.331 e. The minimum absolute atomic E-state index is 0.00421. The van der Waals surface area contributed by atoms with Crippen LogP contribution in [0.1, 0.15) is 117 Å². The molecule has 0 aromatic rings. The molecular formula is C24H44O6. The summed E-state index contributed by atoms with van der Waals surface area (Å²) in [6.45, 7) is 6.31. The summed E-state index contributed by atoms with van der Waals surface area (Å²) in [5.41, 5.74) is -0.00421. The van der Waals surface area contributed by atoms with E-state index in [1.165, 1.54) is 44.9 Å². The Kier molecular flexibility index (Phi) is 22.1. The lowest BCUT2D eigenvalue weighted by Gasteiger charge is -2.14. The zero-order chi connectivity index (χ0) is 23.2. The Morgan fingerprint density at radius 3 is 1.63 bits per heavy atom. The number of unbranched alkanes of at least 4 members (excludes halogenated alkanes) is 9. The lowest BCUT2D eigenvalue weighted by Crippen LogP contribution is -2.09. The molecule has 0 saturated heterocycles. The first-order valence-corrected chi connectivity index (χ1v) is 11.7. The lowest BCUT2D eigenvalue weighted by atomic mass is 9.92. The molecule has 0 spiro atoms. The molecule has 30 heavy (non-hydrogen) atoms. The Labute approximate surface area is 182 Å². The molecule has 0 rings (SSSR count). The molecule has 1 atom stereocenters. The van der Waals surface area contributed by atoms with Gasteiger partial charge in [-0.2, -0.15) is 0 Å². The number of carbonyl (C=O) groups is 3. The van der Waals surface area contributed by atoms with Crippen LogP contribution in [0.4, 0.5) is 0 Å². The average molecular weight is 429 g/mol. The standard InChI is InChI=1S/C12H20O4.C12H24O2/c1-3-5-6-9(4-2)7-10(12(15)16)8-11(13)14;1-2-3-4-5-6-7-8-9-10-11-12(13)14/h8-9H,3-7H2,1-2H3,(H,13,14)(H,15,16);2-11H2,1H3,(H,13,14)/b10-8-;. The summed E-state index contributed by atoms with van der Waals surface area (Å²) < 4.78 is 0. The van der Waals surface area contributed by atoms with Crippen molar-refractivity contribution >= 4 is 17.9 Å². The van der Waals surface area contributed by atoms with Crippen molar-refractivity contribution in [3.8, 4) is 0 Å². The molecule has 0 heterocycles. The molecule has 0 radical (unpaired) electrons. The van der Waals surface area contributed by atoms with E-state index in [-0.39, 0.29) is 11.5 Å². The molecule has 3 N–H and O–H groups in total. The van der Waals surface area contributed by atoms with E-state index in [9.17, 15) is 14.4 Å². The molecule has 6 heteroatoms. The molecule has 0 aromatic heterocycles. The second-order valence-electron chi connectivity index (χ2n) is 7.91. The maximum absolute atomic E-state index is 10.8. The molecular weight excluding hydrogens is 384 g/mol. The second-order valence-corrected chi connectivity index (χ2v) is 7.91. The van der Waals surface area contributed by atoms with Crippen molar-refractivity contribution in [1.82, 2.24) is 0 Å². The summed E-state index contributed by atoms with van der Waals surface area (Å²) in [4.78, 5) is 31.5. The summed E-state index contributed by atoms with van der Waals surface area (Å²) in [5.74, 6) is -2.71. The van der Waals surface area contributed by atoms with Gasteiger partial charge in [-0.15, -0.1) is 0 Å². The Hall–Kier alpha value is -1.85. The quantitative estimate of drug-likeness (QED) is 0.166. The maximum atomic E-state index is 10.8. The van der Waals surface area contributed by atoms with Crippen LogP contribution < -0.4 is 0 Å². The number of carboxylic acids is 3. The van der Waals surface area contributed by atoms with Crippen LogP contribution in [0.3, 0.4) is 0 Å². The van der Waals surface area contributed by atoms with Gasteiger partial charge in [0.15, 0.2) is 0 Å². The molecule has 0 aliphatic heterocycles. The van der Waals surface area contributed by atoms with Crippen LogP contribution in [-0.2, 0) is 14.4 Å². The number of hydrogen-bond donors (Lipinski definition) is 3. The Bertz CT molecular complexity index is 484. The fourth-order valence-corrected chi connectivity index (χ4v) is 3.20. The van der Waals surface area contributed by atoms with Gasteiger partial charge in [0.2, 0.25) is 0 Å². The van der Waals surface area contributed by atoms with Crippen molar-refractivity contribution in [1.29, 1.82) is 0 Å². The molecule has 176 valence electrons. The zero-order valence-electron chi connectivity index (χ0n) is 19.3. The molecule has 0 aliphatic carbocycles. The van der Waals surface area contributed by atoms with E-state index in [0.717, 1.165) is 44.6 Å². The molecule has 0 aromatic carbocycles. The largest absolute Gasteiger partial charge is 0.481 e. The first kappa shape index (κ1) is 30.3. The van der Waals surface area contributed by atoms with Crippen LogP contribution in [0.25, 0.3) is 0 Å². The van der Waals surface area contributed by atoms with E-state index < -0.39 is 17.9 Å². The molecule has 0 amide bonds. The third-order valence-electron chi connectivity index (χ3n) is 5.12. The van der Waals surface area contributed by atoms with Gasteiger partial charge in [-0.3, -0.25) is 4.79 Å². The van der Waals surface area contributed by atoms with Crippen LogP contribution in [0.5, 0.6) is 0 Å². The van der Waals surface area contributed by atoms with Gasteiger partial charge in [-0.25, -0.2) is 9.59 Å². The molecule has 0 saturated carbocycles. The minimum Gasteiger partial charge on any atom is -0.481 e. The first-order valence-electron chi connectivity index (χ1n) is 11.7. The highest BCUT2D eigenvalue weighted by atomic mass is 16.4. The zero-order valence-corrected chi connectivity index (χ0v) is 19.3. The van der Waals surface area contributed by atoms with E-state index in [1.54, 1.807) is 0 Å².